The molecule has 0 radical (unpaired) electrons. The smallest absolute Gasteiger partial charge is 1.00 e. The van der Waals surface area contributed by atoms with Crippen LogP contribution in [0.5, 0.6) is 0 Å². The van der Waals surface area contributed by atoms with Crippen LogP contribution < -0.4 is 24.2 Å². The van der Waals surface area contributed by atoms with Crippen LogP contribution in [0.1, 0.15) is 101 Å². The molecule has 0 spiro atoms. The van der Waals surface area contributed by atoms with Crippen molar-refractivity contribution in [2.45, 2.75) is 104 Å². The van der Waals surface area contributed by atoms with E-state index >= 15 is 0 Å². The minimum Gasteiger partial charge on any atom is -1.00 e. The Morgan fingerprint density at radius 3 is 2.37 bits per heavy atom. The monoisotopic (exact) mass is 577 g/mol. The number of carboxylic acids is 1. The van der Waals surface area contributed by atoms with Crippen molar-refractivity contribution < 1.29 is 44.5 Å². The minimum atomic E-state index is -1.03. The normalized spacial score (nSPS) is 16.7. The molecule has 0 saturated heterocycles. The summed E-state index contributed by atoms with van der Waals surface area (Å²) in [6.45, 7) is 8.28. The van der Waals surface area contributed by atoms with Crippen molar-refractivity contribution in [3.8, 4) is 11.1 Å². The zero-order valence-corrected chi connectivity index (χ0v) is 26.6. The van der Waals surface area contributed by atoms with Crippen LogP contribution in [0.15, 0.2) is 42.5 Å². The molecule has 3 rings (SSSR count). The van der Waals surface area contributed by atoms with Gasteiger partial charge in [-0.1, -0.05) is 69.4 Å². The Kier molecular flexibility index (Phi) is 15.6. The van der Waals surface area contributed by atoms with Crippen molar-refractivity contribution in [3.63, 3.8) is 0 Å². The Bertz CT molecular complexity index is 1110. The van der Waals surface area contributed by atoms with Crippen LogP contribution >= 0.6 is 11.8 Å². The summed E-state index contributed by atoms with van der Waals surface area (Å²) in [4.78, 5) is 25.3. The predicted octanol–water partition coefficient (Wildman–Crippen LogP) is 4.90. The molecule has 0 bridgehead atoms. The van der Waals surface area contributed by atoms with Gasteiger partial charge in [0.25, 0.3) is 5.91 Å². The van der Waals surface area contributed by atoms with Gasteiger partial charge in [-0.3, -0.25) is 4.79 Å². The Balaban J connectivity index is 0.00000441. The zero-order chi connectivity index (χ0) is 29.1. The van der Waals surface area contributed by atoms with Gasteiger partial charge in [-0.25, -0.2) is 4.79 Å². The largest absolute Gasteiger partial charge is 1.00 e. The van der Waals surface area contributed by atoms with Crippen LogP contribution in [-0.2, 0) is 14.3 Å². The van der Waals surface area contributed by atoms with Gasteiger partial charge in [0, 0.05) is 11.1 Å². The molecule has 0 aliphatic heterocycles. The van der Waals surface area contributed by atoms with Crippen molar-refractivity contribution in [1.82, 2.24) is 5.32 Å². The van der Waals surface area contributed by atoms with Gasteiger partial charge < -0.3 is 21.3 Å². The summed E-state index contributed by atoms with van der Waals surface area (Å²) in [6, 6.07) is 12.6. The summed E-state index contributed by atoms with van der Waals surface area (Å²) < 4.78 is 13.0. The van der Waals surface area contributed by atoms with E-state index in [1.54, 1.807) is 17.8 Å². The molecule has 0 heterocycles. The fourth-order valence-corrected chi connectivity index (χ4v) is 5.86. The molecule has 4 atom stereocenters. The summed E-state index contributed by atoms with van der Waals surface area (Å²) in [7, 11) is 0. The predicted molar refractivity (Wildman–Crippen MR) is 165 cm³/mol. The number of rotatable bonds is 15. The average Bonchev–Trinajstić information content (AvgIpc) is 2.95. The maximum atomic E-state index is 13.5. The number of aryl methyl sites for hydroxylation is 1. The topological polar surface area (TPSA) is 84.9 Å². The standard InChI is InChI=1S/C33H47NO5S.Li.H/c1-6-23(3)38-33(39-24(4)20-25-13-8-7-9-14-25)26-16-17-28(29(21-26)27-15-11-10-12-22(27)2)31(35)34-30(32(36)37)18-19-40-5;;/h10-12,15-17,21,23-25,30,33H,6-9,13-14,18-20H2,1-5H3,(H,34,35)(H,36,37);;/q;+1;-1. The first-order valence-electron chi connectivity index (χ1n) is 14.8. The van der Waals surface area contributed by atoms with Gasteiger partial charge >= 0.3 is 24.8 Å². The van der Waals surface area contributed by atoms with Crippen LogP contribution in [0.2, 0.25) is 0 Å². The number of aliphatic carboxylic acids is 1. The van der Waals surface area contributed by atoms with E-state index in [1.165, 1.54) is 32.1 Å². The van der Waals surface area contributed by atoms with E-state index in [-0.39, 0.29) is 32.5 Å². The Hall–Kier alpha value is -1.75. The van der Waals surface area contributed by atoms with E-state index in [0.717, 1.165) is 35.1 Å². The molecule has 0 aromatic heterocycles. The summed E-state index contributed by atoms with van der Waals surface area (Å²) in [5, 5.41) is 12.4. The number of benzene rings is 2. The summed E-state index contributed by atoms with van der Waals surface area (Å²) in [5.41, 5.74) is 3.97. The Morgan fingerprint density at radius 1 is 1.05 bits per heavy atom. The first-order valence-corrected chi connectivity index (χ1v) is 16.2. The summed E-state index contributed by atoms with van der Waals surface area (Å²) >= 11 is 1.56. The number of hydrogen-bond donors (Lipinski definition) is 2. The minimum absolute atomic E-state index is 0. The van der Waals surface area contributed by atoms with Crippen LogP contribution in [0.25, 0.3) is 11.1 Å². The van der Waals surface area contributed by atoms with E-state index < -0.39 is 24.2 Å². The van der Waals surface area contributed by atoms with Gasteiger partial charge in [-0.2, -0.15) is 11.8 Å². The number of amides is 1. The van der Waals surface area contributed by atoms with Crippen LogP contribution in [0.4, 0.5) is 0 Å². The van der Waals surface area contributed by atoms with Crippen LogP contribution in [0.3, 0.4) is 0 Å². The van der Waals surface area contributed by atoms with Crippen molar-refractivity contribution in [2.75, 3.05) is 12.0 Å². The molecule has 222 valence electrons. The summed E-state index contributed by atoms with van der Waals surface area (Å²) in [6.07, 6.45) is 10.1. The molecular formula is C33H48LiNO5S. The summed E-state index contributed by atoms with van der Waals surface area (Å²) in [5.74, 6) is -0.0933. The molecule has 8 heteroatoms. The Labute approximate surface area is 264 Å². The second kappa shape index (κ2) is 18.0. The van der Waals surface area contributed by atoms with Gasteiger partial charge in [0.15, 0.2) is 6.29 Å². The van der Waals surface area contributed by atoms with Crippen molar-refractivity contribution >= 4 is 23.6 Å². The van der Waals surface area contributed by atoms with Gasteiger partial charge in [0.2, 0.25) is 0 Å². The molecule has 1 amide bonds. The van der Waals surface area contributed by atoms with E-state index in [9.17, 15) is 14.7 Å². The molecule has 1 aliphatic carbocycles. The maximum Gasteiger partial charge on any atom is 1.00 e. The van der Waals surface area contributed by atoms with Crippen molar-refractivity contribution in [1.29, 1.82) is 0 Å². The first kappa shape index (κ1) is 35.4. The molecule has 6 nitrogen and oxygen atoms in total. The zero-order valence-electron chi connectivity index (χ0n) is 26.8. The van der Waals surface area contributed by atoms with Crippen LogP contribution in [-0.4, -0.2) is 47.2 Å². The van der Waals surface area contributed by atoms with Gasteiger partial charge in [-0.05, 0) is 86.8 Å². The second-order valence-electron chi connectivity index (χ2n) is 11.1. The molecule has 4 unspecified atom stereocenters. The Morgan fingerprint density at radius 2 is 1.73 bits per heavy atom. The fraction of sp³-hybridized carbons (Fsp3) is 0.576. The molecule has 2 N–H and O–H groups in total. The third-order valence-electron chi connectivity index (χ3n) is 7.89. The third-order valence-corrected chi connectivity index (χ3v) is 8.53. The number of hydrogen-bond acceptors (Lipinski definition) is 5. The molecule has 1 fully saturated rings. The number of nitrogens with one attached hydrogen (secondary N) is 1. The fourth-order valence-electron chi connectivity index (χ4n) is 5.39. The number of carboxylic acid groups (broad SMARTS) is 1. The number of ether oxygens (including phenoxy) is 2. The van der Waals surface area contributed by atoms with Gasteiger partial charge in [0.05, 0.1) is 12.2 Å². The quantitative estimate of drug-likeness (QED) is 0.231. The first-order chi connectivity index (χ1) is 19.2. The van der Waals surface area contributed by atoms with Gasteiger partial charge in [0.1, 0.15) is 6.04 Å². The average molecular weight is 578 g/mol. The maximum absolute atomic E-state index is 13.5. The van der Waals surface area contributed by atoms with Gasteiger partial charge in [-0.15, -0.1) is 0 Å². The van der Waals surface area contributed by atoms with Crippen molar-refractivity contribution in [2.24, 2.45) is 5.92 Å². The van der Waals surface area contributed by atoms with Crippen LogP contribution in [0, 0.1) is 12.8 Å². The molecule has 1 aliphatic rings. The number of thioether (sulfide) groups is 1. The third kappa shape index (κ3) is 10.8. The number of carbonyl (C=O) groups excluding carboxylic acids is 1. The number of carbonyl (C=O) groups is 2. The van der Waals surface area contributed by atoms with E-state index in [0.29, 0.717) is 23.7 Å². The SMILES string of the molecule is CCC(C)OC(OC(C)CC1CCCCC1)c1ccc(C(=O)NC(CCSC)C(=O)O)c(-c2ccccc2C)c1.[H-].[Li+]. The molecule has 2 aromatic carbocycles. The van der Waals surface area contributed by atoms with E-state index in [1.807, 2.05) is 56.5 Å². The molecule has 2 aromatic rings. The molecule has 41 heavy (non-hydrogen) atoms. The molecular weight excluding hydrogens is 529 g/mol. The van der Waals surface area contributed by atoms with E-state index in [4.69, 9.17) is 9.47 Å². The second-order valence-corrected chi connectivity index (χ2v) is 12.1. The van der Waals surface area contributed by atoms with E-state index in [2.05, 4.69) is 19.2 Å². The molecule has 1 saturated carbocycles. The van der Waals surface area contributed by atoms with Crippen molar-refractivity contribution in [3.05, 3.63) is 59.2 Å².